The molecular weight excluding hydrogens is 312 g/mol. The van der Waals surface area contributed by atoms with Gasteiger partial charge in [-0.15, -0.1) is 0 Å². The van der Waals surface area contributed by atoms with E-state index in [4.69, 9.17) is 4.74 Å². The van der Waals surface area contributed by atoms with E-state index >= 15 is 0 Å². The lowest BCUT2D eigenvalue weighted by molar-refractivity contribution is -0.161. The van der Waals surface area contributed by atoms with E-state index in [9.17, 15) is 9.59 Å². The number of hydrogen-bond donors (Lipinski definition) is 0. The molecule has 0 bridgehead atoms. The molecule has 0 heterocycles. The average molecular weight is 336 g/mol. The van der Waals surface area contributed by atoms with E-state index in [1.807, 2.05) is 81.4 Å². The normalized spacial score (nSPS) is 23.5. The van der Waals surface area contributed by atoms with E-state index in [1.54, 1.807) is 0 Å². The summed E-state index contributed by atoms with van der Waals surface area (Å²) in [6, 6.07) is 19.8. The van der Waals surface area contributed by atoms with Crippen molar-refractivity contribution in [3.8, 4) is 0 Å². The molecule has 3 nitrogen and oxygen atoms in total. The number of carbonyl (C=O) groups excluding carboxylic acids is 2. The Morgan fingerprint density at radius 1 is 0.920 bits per heavy atom. The highest BCUT2D eigenvalue weighted by Crippen LogP contribution is 2.48. The third-order valence-corrected chi connectivity index (χ3v) is 4.63. The highest BCUT2D eigenvalue weighted by molar-refractivity contribution is 6.02. The first-order valence-corrected chi connectivity index (χ1v) is 8.72. The molecule has 3 atom stereocenters. The molecule has 130 valence electrons. The molecule has 2 aromatic rings. The van der Waals surface area contributed by atoms with Crippen LogP contribution in [0.25, 0.3) is 0 Å². The molecule has 1 saturated carbocycles. The summed E-state index contributed by atoms with van der Waals surface area (Å²) in [4.78, 5) is 25.6. The summed E-state index contributed by atoms with van der Waals surface area (Å²) in [5.74, 6) is -1.38. The van der Waals surface area contributed by atoms with Gasteiger partial charge in [-0.25, -0.2) is 0 Å². The van der Waals surface area contributed by atoms with Crippen molar-refractivity contribution in [1.82, 2.24) is 0 Å². The van der Waals surface area contributed by atoms with Crippen molar-refractivity contribution in [3.05, 3.63) is 71.8 Å². The van der Waals surface area contributed by atoms with Gasteiger partial charge in [0.05, 0.1) is 0 Å². The van der Waals surface area contributed by atoms with Gasteiger partial charge in [-0.3, -0.25) is 9.59 Å². The third kappa shape index (κ3) is 3.81. The standard InChI is InChI=1S/C22H24O3/c1-22(2,3)25-21(24)20-18(23)14-17(15-10-6-4-7-11-15)19(20)16-12-8-5-9-13-16/h4-13,17,19-20H,14H2,1-3H3/t17-,19+,20-/m0/s1. The lowest BCUT2D eigenvalue weighted by Gasteiger charge is -2.27. The molecule has 3 rings (SSSR count). The van der Waals surface area contributed by atoms with Crippen LogP contribution in [0.1, 0.15) is 50.2 Å². The van der Waals surface area contributed by atoms with E-state index in [2.05, 4.69) is 0 Å². The van der Waals surface area contributed by atoms with Crippen molar-refractivity contribution in [2.75, 3.05) is 0 Å². The number of benzene rings is 2. The first-order chi connectivity index (χ1) is 11.9. The van der Waals surface area contributed by atoms with Crippen molar-refractivity contribution in [3.63, 3.8) is 0 Å². The quantitative estimate of drug-likeness (QED) is 0.613. The minimum Gasteiger partial charge on any atom is -0.459 e. The molecule has 1 aliphatic rings. The Kier molecular flexibility index (Phi) is 4.76. The van der Waals surface area contributed by atoms with Gasteiger partial charge in [-0.1, -0.05) is 60.7 Å². The summed E-state index contributed by atoms with van der Waals surface area (Å²) in [7, 11) is 0. The van der Waals surface area contributed by atoms with Crippen molar-refractivity contribution in [2.45, 2.75) is 44.6 Å². The maximum atomic E-state index is 12.8. The Balaban J connectivity index is 2.01. The summed E-state index contributed by atoms with van der Waals surface area (Å²) in [6.45, 7) is 5.49. The number of ketones is 1. The van der Waals surface area contributed by atoms with Gasteiger partial charge in [0, 0.05) is 12.3 Å². The third-order valence-electron chi connectivity index (χ3n) is 4.63. The van der Waals surface area contributed by atoms with Crippen LogP contribution in [0.2, 0.25) is 0 Å². The van der Waals surface area contributed by atoms with Crippen LogP contribution in [0.4, 0.5) is 0 Å². The zero-order valence-electron chi connectivity index (χ0n) is 14.9. The summed E-state index contributed by atoms with van der Waals surface area (Å²) in [6.07, 6.45) is 0.369. The van der Waals surface area contributed by atoms with Crippen LogP contribution in [0.5, 0.6) is 0 Å². The Morgan fingerprint density at radius 2 is 1.44 bits per heavy atom. The van der Waals surface area contributed by atoms with Crippen molar-refractivity contribution in [2.24, 2.45) is 5.92 Å². The zero-order chi connectivity index (χ0) is 18.0. The van der Waals surface area contributed by atoms with Crippen molar-refractivity contribution < 1.29 is 14.3 Å². The molecule has 0 radical (unpaired) electrons. The van der Waals surface area contributed by atoms with E-state index in [1.165, 1.54) is 0 Å². The number of hydrogen-bond acceptors (Lipinski definition) is 3. The van der Waals surface area contributed by atoms with Gasteiger partial charge in [0.25, 0.3) is 0 Å². The molecule has 25 heavy (non-hydrogen) atoms. The fourth-order valence-corrected chi connectivity index (χ4v) is 3.67. The van der Waals surface area contributed by atoms with Crippen molar-refractivity contribution in [1.29, 1.82) is 0 Å². The lowest BCUT2D eigenvalue weighted by atomic mass is 9.80. The summed E-state index contributed by atoms with van der Waals surface area (Å²) < 4.78 is 5.57. The molecule has 1 fully saturated rings. The molecular formula is C22H24O3. The molecule has 1 aliphatic carbocycles. The van der Waals surface area contributed by atoms with Gasteiger partial charge in [0.15, 0.2) is 0 Å². The monoisotopic (exact) mass is 336 g/mol. The zero-order valence-corrected chi connectivity index (χ0v) is 14.9. The molecule has 3 heteroatoms. The van der Waals surface area contributed by atoms with Gasteiger partial charge in [0.1, 0.15) is 17.3 Å². The van der Waals surface area contributed by atoms with Crippen LogP contribution in [0.3, 0.4) is 0 Å². The Labute approximate surface area is 149 Å². The van der Waals surface area contributed by atoms with E-state index in [-0.39, 0.29) is 17.6 Å². The van der Waals surface area contributed by atoms with Gasteiger partial charge in [0.2, 0.25) is 0 Å². The fraction of sp³-hybridized carbons (Fsp3) is 0.364. The second kappa shape index (κ2) is 6.83. The van der Waals surface area contributed by atoms with Crippen molar-refractivity contribution >= 4 is 11.8 Å². The maximum absolute atomic E-state index is 12.8. The molecule has 0 saturated heterocycles. The van der Waals surface area contributed by atoms with Gasteiger partial charge >= 0.3 is 5.97 Å². The smallest absolute Gasteiger partial charge is 0.317 e. The Hall–Kier alpha value is -2.42. The van der Waals surface area contributed by atoms with Gasteiger partial charge < -0.3 is 4.74 Å². The molecule has 0 unspecified atom stereocenters. The van der Waals surface area contributed by atoms with Crippen LogP contribution in [0.15, 0.2) is 60.7 Å². The predicted molar refractivity (Wildman–Crippen MR) is 97.3 cm³/mol. The number of rotatable bonds is 3. The van der Waals surface area contributed by atoms with Crippen LogP contribution >= 0.6 is 0 Å². The highest BCUT2D eigenvalue weighted by atomic mass is 16.6. The summed E-state index contributed by atoms with van der Waals surface area (Å²) >= 11 is 0. The molecule has 0 amide bonds. The summed E-state index contributed by atoms with van der Waals surface area (Å²) in [5, 5.41) is 0. The first-order valence-electron chi connectivity index (χ1n) is 8.72. The van der Waals surface area contributed by atoms with Gasteiger partial charge in [-0.2, -0.15) is 0 Å². The number of Topliss-reactive ketones (excluding diaryl/α,β-unsaturated/α-hetero) is 1. The molecule has 0 spiro atoms. The van der Waals surface area contributed by atoms with Crippen LogP contribution < -0.4 is 0 Å². The maximum Gasteiger partial charge on any atom is 0.317 e. The van der Waals surface area contributed by atoms with E-state index in [0.717, 1.165) is 11.1 Å². The van der Waals surface area contributed by atoms with Crippen LogP contribution in [-0.2, 0) is 14.3 Å². The lowest BCUT2D eigenvalue weighted by Crippen LogP contribution is -2.33. The Bertz CT molecular complexity index is 744. The minimum absolute atomic E-state index is 0.00591. The fourth-order valence-electron chi connectivity index (χ4n) is 3.67. The molecule has 0 aliphatic heterocycles. The largest absolute Gasteiger partial charge is 0.459 e. The molecule has 2 aromatic carbocycles. The SMILES string of the molecule is CC(C)(C)OC(=O)[C@H]1C(=O)C[C@@H](c2ccccc2)[C@H]1c1ccccc1. The number of ether oxygens (including phenoxy) is 1. The highest BCUT2D eigenvalue weighted by Gasteiger charge is 2.49. The van der Waals surface area contributed by atoms with Gasteiger partial charge in [-0.05, 0) is 37.8 Å². The van der Waals surface area contributed by atoms with Crippen LogP contribution in [-0.4, -0.2) is 17.4 Å². The molecule has 0 N–H and O–H groups in total. The average Bonchev–Trinajstić information content (AvgIpc) is 2.92. The predicted octanol–water partition coefficient (Wildman–Crippen LogP) is 4.48. The second-order valence-corrected chi connectivity index (χ2v) is 7.64. The first kappa shape index (κ1) is 17.4. The number of carbonyl (C=O) groups is 2. The number of esters is 1. The molecule has 0 aromatic heterocycles. The minimum atomic E-state index is -0.744. The van der Waals surface area contributed by atoms with E-state index < -0.39 is 17.5 Å². The van der Waals surface area contributed by atoms with Crippen LogP contribution in [0, 0.1) is 5.92 Å². The summed E-state index contributed by atoms with van der Waals surface area (Å²) in [5.41, 5.74) is 1.50. The second-order valence-electron chi connectivity index (χ2n) is 7.64. The topological polar surface area (TPSA) is 43.4 Å². The van der Waals surface area contributed by atoms with E-state index in [0.29, 0.717) is 6.42 Å². The Morgan fingerprint density at radius 3 is 1.96 bits per heavy atom.